The molecule has 100 valence electrons. The van der Waals surface area contributed by atoms with Gasteiger partial charge >= 0.3 is 0 Å². The Morgan fingerprint density at radius 1 is 1.41 bits per heavy atom. The number of nitrogens with zero attached hydrogens (tertiary/aromatic N) is 1. The predicted octanol–water partition coefficient (Wildman–Crippen LogP) is 3.37. The summed E-state index contributed by atoms with van der Waals surface area (Å²) >= 11 is 4.40. The van der Waals surface area contributed by atoms with E-state index in [9.17, 15) is 4.79 Å². The summed E-state index contributed by atoms with van der Waals surface area (Å²) in [6.07, 6.45) is 6.62. The zero-order valence-corrected chi connectivity index (χ0v) is 12.2. The molecule has 0 saturated carbocycles. The van der Waals surface area contributed by atoms with Gasteiger partial charge in [0, 0.05) is 19.5 Å². The molecule has 17 heavy (non-hydrogen) atoms. The van der Waals surface area contributed by atoms with Gasteiger partial charge in [-0.1, -0.05) is 26.7 Å². The Hall–Kier alpha value is -0.180. The molecule has 0 radical (unpaired) electrons. The molecule has 0 aromatic carbocycles. The Bertz CT molecular complexity index is 232. The second-order valence-corrected chi connectivity index (χ2v) is 5.64. The molecule has 2 unspecified atom stereocenters. The van der Waals surface area contributed by atoms with E-state index in [0.717, 1.165) is 37.6 Å². The Morgan fingerprint density at radius 3 is 2.76 bits per heavy atom. The minimum atomic E-state index is 0.365. The summed E-state index contributed by atoms with van der Waals surface area (Å²) in [5.74, 6) is 2.59. The van der Waals surface area contributed by atoms with Crippen molar-refractivity contribution in [1.82, 2.24) is 4.90 Å². The highest BCUT2D eigenvalue weighted by Gasteiger charge is 2.23. The molecule has 0 aromatic rings. The number of hydrogen-bond acceptors (Lipinski definition) is 2. The van der Waals surface area contributed by atoms with Crippen molar-refractivity contribution in [3.05, 3.63) is 0 Å². The van der Waals surface area contributed by atoms with Crippen LogP contribution in [-0.2, 0) is 4.79 Å². The van der Waals surface area contributed by atoms with Gasteiger partial charge in [-0.3, -0.25) is 4.79 Å². The average molecular weight is 257 g/mol. The van der Waals surface area contributed by atoms with Gasteiger partial charge < -0.3 is 4.90 Å². The molecule has 0 bridgehead atoms. The third kappa shape index (κ3) is 4.90. The molecule has 3 heteroatoms. The molecule has 0 aromatic heterocycles. The fourth-order valence-corrected chi connectivity index (χ4v) is 2.95. The summed E-state index contributed by atoms with van der Waals surface area (Å²) in [5, 5.41) is 0. The highest BCUT2D eigenvalue weighted by molar-refractivity contribution is 7.80. The number of amides is 1. The van der Waals surface area contributed by atoms with Gasteiger partial charge in [-0.25, -0.2) is 0 Å². The van der Waals surface area contributed by atoms with Crippen molar-refractivity contribution < 1.29 is 4.79 Å². The van der Waals surface area contributed by atoms with Crippen LogP contribution in [0.1, 0.15) is 52.4 Å². The molecule has 1 heterocycles. The van der Waals surface area contributed by atoms with Crippen LogP contribution in [0.2, 0.25) is 0 Å². The zero-order valence-electron chi connectivity index (χ0n) is 11.3. The van der Waals surface area contributed by atoms with Crippen LogP contribution in [0, 0.1) is 11.8 Å². The normalized spacial score (nSPS) is 23.6. The molecule has 2 atom stereocenters. The first-order valence-corrected chi connectivity index (χ1v) is 7.73. The number of carbonyl (C=O) groups excluding carboxylic acids is 1. The molecule has 1 aliphatic heterocycles. The molecule has 1 rings (SSSR count). The van der Waals surface area contributed by atoms with Crippen LogP contribution in [0.3, 0.4) is 0 Å². The highest BCUT2D eigenvalue weighted by atomic mass is 32.1. The van der Waals surface area contributed by atoms with E-state index in [-0.39, 0.29) is 0 Å². The first-order valence-electron chi connectivity index (χ1n) is 7.09. The van der Waals surface area contributed by atoms with Gasteiger partial charge in [-0.05, 0) is 36.9 Å². The predicted molar refractivity (Wildman–Crippen MR) is 76.5 cm³/mol. The quantitative estimate of drug-likeness (QED) is 0.723. The summed E-state index contributed by atoms with van der Waals surface area (Å²) in [5.41, 5.74) is 0. The van der Waals surface area contributed by atoms with E-state index in [2.05, 4.69) is 31.4 Å². The Kier molecular flexibility index (Phi) is 7.02. The standard InChI is InChI=1S/C14H27NOS/c1-3-5-13(11-17)10-15-9-8-12(4-2)6-7-14(15)16/h12-13,17H,3-11H2,1-2H3. The number of carbonyl (C=O) groups is 1. The lowest BCUT2D eigenvalue weighted by atomic mass is 9.98. The first kappa shape index (κ1) is 14.9. The topological polar surface area (TPSA) is 20.3 Å². The molecular weight excluding hydrogens is 230 g/mol. The van der Waals surface area contributed by atoms with Gasteiger partial charge in [0.15, 0.2) is 0 Å². The molecule has 1 aliphatic rings. The summed E-state index contributed by atoms with van der Waals surface area (Å²) in [6.45, 7) is 6.32. The maximum absolute atomic E-state index is 12.0. The largest absolute Gasteiger partial charge is 0.342 e. The molecule has 0 N–H and O–H groups in total. The average Bonchev–Trinajstić information content (AvgIpc) is 2.52. The minimum Gasteiger partial charge on any atom is -0.342 e. The van der Waals surface area contributed by atoms with E-state index >= 15 is 0 Å². The second-order valence-electron chi connectivity index (χ2n) is 5.28. The van der Waals surface area contributed by atoms with Gasteiger partial charge in [0.1, 0.15) is 0 Å². The Labute approximate surface area is 112 Å². The SMILES string of the molecule is CCCC(CS)CN1CCC(CC)CCC1=O. The monoisotopic (exact) mass is 257 g/mol. The lowest BCUT2D eigenvalue weighted by Gasteiger charge is -2.25. The zero-order chi connectivity index (χ0) is 12.7. The Morgan fingerprint density at radius 2 is 2.18 bits per heavy atom. The summed E-state index contributed by atoms with van der Waals surface area (Å²) in [6, 6.07) is 0. The summed E-state index contributed by atoms with van der Waals surface area (Å²) in [4.78, 5) is 14.1. The van der Waals surface area contributed by atoms with E-state index in [4.69, 9.17) is 0 Å². The molecule has 0 aliphatic carbocycles. The van der Waals surface area contributed by atoms with Gasteiger partial charge in [0.2, 0.25) is 5.91 Å². The van der Waals surface area contributed by atoms with Crippen molar-refractivity contribution in [2.24, 2.45) is 11.8 Å². The van der Waals surface area contributed by atoms with Crippen LogP contribution in [0.25, 0.3) is 0 Å². The van der Waals surface area contributed by atoms with Crippen LogP contribution < -0.4 is 0 Å². The molecule has 2 nitrogen and oxygen atoms in total. The fraction of sp³-hybridized carbons (Fsp3) is 0.929. The number of rotatable bonds is 6. The fourth-order valence-electron chi connectivity index (χ4n) is 2.65. The summed E-state index contributed by atoms with van der Waals surface area (Å²) < 4.78 is 0. The molecule has 1 amide bonds. The molecule has 1 fully saturated rings. The van der Waals surface area contributed by atoms with Crippen LogP contribution in [0.5, 0.6) is 0 Å². The van der Waals surface area contributed by atoms with Crippen LogP contribution in [-0.4, -0.2) is 29.6 Å². The van der Waals surface area contributed by atoms with Gasteiger partial charge in [0.25, 0.3) is 0 Å². The van der Waals surface area contributed by atoms with Crippen LogP contribution in [0.4, 0.5) is 0 Å². The lowest BCUT2D eigenvalue weighted by Crippen LogP contribution is -2.35. The van der Waals surface area contributed by atoms with Crippen molar-refractivity contribution in [3.8, 4) is 0 Å². The van der Waals surface area contributed by atoms with Gasteiger partial charge in [-0.15, -0.1) is 0 Å². The van der Waals surface area contributed by atoms with Crippen LogP contribution in [0.15, 0.2) is 0 Å². The lowest BCUT2D eigenvalue weighted by molar-refractivity contribution is -0.131. The van der Waals surface area contributed by atoms with E-state index in [1.165, 1.54) is 25.7 Å². The second kappa shape index (κ2) is 8.02. The van der Waals surface area contributed by atoms with Crippen molar-refractivity contribution in [2.45, 2.75) is 52.4 Å². The maximum Gasteiger partial charge on any atom is 0.222 e. The van der Waals surface area contributed by atoms with E-state index in [0.29, 0.717) is 11.8 Å². The maximum atomic E-state index is 12.0. The third-order valence-corrected chi connectivity index (χ3v) is 4.45. The molecular formula is C14H27NOS. The smallest absolute Gasteiger partial charge is 0.222 e. The minimum absolute atomic E-state index is 0.365. The first-order chi connectivity index (χ1) is 8.21. The third-order valence-electron chi connectivity index (χ3n) is 3.94. The van der Waals surface area contributed by atoms with E-state index < -0.39 is 0 Å². The van der Waals surface area contributed by atoms with Crippen molar-refractivity contribution in [3.63, 3.8) is 0 Å². The van der Waals surface area contributed by atoms with Crippen molar-refractivity contribution in [1.29, 1.82) is 0 Å². The van der Waals surface area contributed by atoms with Gasteiger partial charge in [-0.2, -0.15) is 12.6 Å². The van der Waals surface area contributed by atoms with E-state index in [1.54, 1.807) is 0 Å². The number of hydrogen-bond donors (Lipinski definition) is 1. The number of thiol groups is 1. The number of likely N-dealkylation sites (tertiary alicyclic amines) is 1. The summed E-state index contributed by atoms with van der Waals surface area (Å²) in [7, 11) is 0. The highest BCUT2D eigenvalue weighted by Crippen LogP contribution is 2.22. The van der Waals surface area contributed by atoms with Crippen molar-refractivity contribution >= 4 is 18.5 Å². The molecule has 0 spiro atoms. The van der Waals surface area contributed by atoms with Crippen molar-refractivity contribution in [2.75, 3.05) is 18.8 Å². The van der Waals surface area contributed by atoms with Crippen LogP contribution >= 0.6 is 12.6 Å². The van der Waals surface area contributed by atoms with Gasteiger partial charge in [0.05, 0.1) is 0 Å². The molecule has 1 saturated heterocycles. The Balaban J connectivity index is 2.48. The van der Waals surface area contributed by atoms with E-state index in [1.807, 2.05) is 0 Å².